The Morgan fingerprint density at radius 3 is 2.78 bits per heavy atom. The number of methoxy groups -OCH3 is 1. The van der Waals surface area contributed by atoms with E-state index in [1.807, 2.05) is 61.9 Å². The van der Waals surface area contributed by atoms with Crippen molar-refractivity contribution in [3.63, 3.8) is 0 Å². The molecule has 2 aromatic carbocycles. The first-order valence-corrected chi connectivity index (χ1v) is 9.92. The van der Waals surface area contributed by atoms with Crippen molar-refractivity contribution < 1.29 is 9.47 Å². The molecule has 0 aliphatic carbocycles. The highest BCUT2D eigenvalue weighted by Gasteiger charge is 2.18. The van der Waals surface area contributed by atoms with Gasteiger partial charge in [-0.15, -0.1) is 10.2 Å². The highest BCUT2D eigenvalue weighted by molar-refractivity contribution is 7.98. The van der Waals surface area contributed by atoms with Crippen LogP contribution < -0.4 is 9.47 Å². The maximum absolute atomic E-state index is 6.23. The Bertz CT molecular complexity index is 929. The van der Waals surface area contributed by atoms with E-state index in [1.165, 1.54) is 5.56 Å². The highest BCUT2D eigenvalue weighted by Crippen LogP contribution is 2.30. The molecule has 0 aliphatic rings. The van der Waals surface area contributed by atoms with Crippen LogP contribution in [0.15, 0.2) is 47.6 Å². The lowest BCUT2D eigenvalue weighted by atomic mass is 10.2. The maximum atomic E-state index is 6.23. The summed E-state index contributed by atoms with van der Waals surface area (Å²) in [7, 11) is 3.62. The molecule has 5 nitrogen and oxygen atoms in total. The van der Waals surface area contributed by atoms with Gasteiger partial charge in [0.2, 0.25) is 0 Å². The van der Waals surface area contributed by atoms with Gasteiger partial charge >= 0.3 is 0 Å². The molecular formula is C20H22ClN3O2S. The van der Waals surface area contributed by atoms with Crippen LogP contribution in [-0.2, 0) is 12.8 Å². The molecule has 3 aromatic rings. The number of hydrogen-bond acceptors (Lipinski definition) is 5. The van der Waals surface area contributed by atoms with E-state index in [1.54, 1.807) is 18.9 Å². The molecular weight excluding hydrogens is 382 g/mol. The SMILES string of the molecule is COc1cccc(CSc2nnc(C(C)Oc3cc(C)ccc3Cl)n2C)c1. The molecule has 1 atom stereocenters. The van der Waals surface area contributed by atoms with E-state index >= 15 is 0 Å². The molecule has 7 heteroatoms. The molecule has 0 fully saturated rings. The fourth-order valence-electron chi connectivity index (χ4n) is 2.66. The zero-order valence-electron chi connectivity index (χ0n) is 15.8. The van der Waals surface area contributed by atoms with Crippen molar-refractivity contribution in [1.82, 2.24) is 14.8 Å². The van der Waals surface area contributed by atoms with Gasteiger partial charge in [-0.1, -0.05) is 41.6 Å². The molecule has 142 valence electrons. The van der Waals surface area contributed by atoms with Gasteiger partial charge in [-0.25, -0.2) is 0 Å². The summed E-state index contributed by atoms with van der Waals surface area (Å²) in [5.74, 6) is 3.03. The Morgan fingerprint density at radius 1 is 1.19 bits per heavy atom. The number of thioether (sulfide) groups is 1. The molecule has 0 radical (unpaired) electrons. The third-order valence-electron chi connectivity index (χ3n) is 4.12. The van der Waals surface area contributed by atoms with E-state index in [9.17, 15) is 0 Å². The number of ether oxygens (including phenoxy) is 2. The van der Waals surface area contributed by atoms with Crippen LogP contribution in [0.1, 0.15) is 30.0 Å². The summed E-state index contributed by atoms with van der Waals surface area (Å²) in [5, 5.41) is 10.0. The Balaban J connectivity index is 1.69. The topological polar surface area (TPSA) is 49.2 Å². The van der Waals surface area contributed by atoms with Gasteiger partial charge in [0.1, 0.15) is 11.5 Å². The molecule has 0 spiro atoms. The van der Waals surface area contributed by atoms with E-state index < -0.39 is 0 Å². The Labute approximate surface area is 168 Å². The smallest absolute Gasteiger partial charge is 0.191 e. The second kappa shape index (κ2) is 8.67. The number of benzene rings is 2. The molecule has 0 amide bonds. The van der Waals surface area contributed by atoms with Crippen LogP contribution in [0.3, 0.4) is 0 Å². The first kappa shape index (κ1) is 19.6. The third-order valence-corrected chi connectivity index (χ3v) is 5.53. The molecule has 1 heterocycles. The van der Waals surface area contributed by atoms with Crippen LogP contribution in [0.5, 0.6) is 11.5 Å². The molecule has 27 heavy (non-hydrogen) atoms. The summed E-state index contributed by atoms with van der Waals surface area (Å²) in [6.07, 6.45) is -0.270. The number of aryl methyl sites for hydroxylation is 1. The van der Waals surface area contributed by atoms with Crippen molar-refractivity contribution in [3.05, 3.63) is 64.4 Å². The van der Waals surface area contributed by atoms with Crippen LogP contribution >= 0.6 is 23.4 Å². The average Bonchev–Trinajstić information content (AvgIpc) is 3.04. The standard InChI is InChI=1S/C20H22ClN3O2S/c1-13-8-9-17(21)18(10-13)26-14(2)19-22-23-20(24(19)3)27-12-15-6-5-7-16(11-15)25-4/h5-11,14H,12H2,1-4H3. The largest absolute Gasteiger partial charge is 0.497 e. The van der Waals surface area contributed by atoms with Gasteiger partial charge < -0.3 is 14.0 Å². The molecule has 0 aliphatic heterocycles. The number of nitrogens with zero attached hydrogens (tertiary/aromatic N) is 3. The lowest BCUT2D eigenvalue weighted by Gasteiger charge is -2.15. The molecule has 0 N–H and O–H groups in total. The van der Waals surface area contributed by atoms with E-state index in [0.29, 0.717) is 10.8 Å². The van der Waals surface area contributed by atoms with Gasteiger partial charge in [0.05, 0.1) is 12.1 Å². The van der Waals surface area contributed by atoms with E-state index in [0.717, 1.165) is 28.0 Å². The van der Waals surface area contributed by atoms with Crippen LogP contribution in [-0.4, -0.2) is 21.9 Å². The fourth-order valence-corrected chi connectivity index (χ4v) is 3.68. The van der Waals surface area contributed by atoms with Gasteiger partial charge in [0, 0.05) is 12.8 Å². The lowest BCUT2D eigenvalue weighted by Crippen LogP contribution is -2.10. The predicted octanol–water partition coefficient (Wildman–Crippen LogP) is 5.22. The summed E-state index contributed by atoms with van der Waals surface area (Å²) in [5.41, 5.74) is 2.26. The number of rotatable bonds is 7. The molecule has 1 unspecified atom stereocenters. The van der Waals surface area contributed by atoms with Crippen molar-refractivity contribution in [1.29, 1.82) is 0 Å². The molecule has 0 saturated heterocycles. The van der Waals surface area contributed by atoms with Gasteiger partial charge in [0.15, 0.2) is 17.1 Å². The first-order chi connectivity index (χ1) is 13.0. The second-order valence-corrected chi connectivity index (χ2v) is 7.58. The summed E-state index contributed by atoms with van der Waals surface area (Å²) in [4.78, 5) is 0. The Kier molecular flexibility index (Phi) is 6.29. The monoisotopic (exact) mass is 403 g/mol. The molecule has 1 aromatic heterocycles. The fraction of sp³-hybridized carbons (Fsp3) is 0.300. The average molecular weight is 404 g/mol. The highest BCUT2D eigenvalue weighted by atomic mass is 35.5. The van der Waals surface area contributed by atoms with Crippen LogP contribution in [0, 0.1) is 6.92 Å². The van der Waals surface area contributed by atoms with Gasteiger partial charge in [-0.05, 0) is 49.2 Å². The van der Waals surface area contributed by atoms with E-state index in [2.05, 4.69) is 16.3 Å². The summed E-state index contributed by atoms with van der Waals surface area (Å²) >= 11 is 7.85. The Hall–Kier alpha value is -2.18. The van der Waals surface area contributed by atoms with Crippen molar-refractivity contribution in [2.45, 2.75) is 30.9 Å². The van der Waals surface area contributed by atoms with Gasteiger partial charge in [0.25, 0.3) is 0 Å². The van der Waals surface area contributed by atoms with Crippen molar-refractivity contribution in [3.8, 4) is 11.5 Å². The van der Waals surface area contributed by atoms with Crippen molar-refractivity contribution in [2.75, 3.05) is 7.11 Å². The van der Waals surface area contributed by atoms with Crippen LogP contribution in [0.4, 0.5) is 0 Å². The van der Waals surface area contributed by atoms with Gasteiger partial charge in [-0.3, -0.25) is 0 Å². The van der Waals surface area contributed by atoms with Crippen LogP contribution in [0.2, 0.25) is 5.02 Å². The summed E-state index contributed by atoms with van der Waals surface area (Å²) in [6, 6.07) is 13.7. The normalized spacial score (nSPS) is 12.0. The van der Waals surface area contributed by atoms with Crippen LogP contribution in [0.25, 0.3) is 0 Å². The first-order valence-electron chi connectivity index (χ1n) is 8.55. The Morgan fingerprint density at radius 2 is 2.00 bits per heavy atom. The lowest BCUT2D eigenvalue weighted by molar-refractivity contribution is 0.211. The number of aromatic nitrogens is 3. The molecule has 3 rings (SSSR count). The van der Waals surface area contributed by atoms with E-state index in [-0.39, 0.29) is 6.10 Å². The predicted molar refractivity (Wildman–Crippen MR) is 109 cm³/mol. The number of halogens is 1. The summed E-state index contributed by atoms with van der Waals surface area (Å²) in [6.45, 7) is 3.95. The molecule has 0 bridgehead atoms. The van der Waals surface area contributed by atoms with Crippen molar-refractivity contribution in [2.24, 2.45) is 7.05 Å². The van der Waals surface area contributed by atoms with E-state index in [4.69, 9.17) is 21.1 Å². The quantitative estimate of drug-likeness (QED) is 0.506. The zero-order chi connectivity index (χ0) is 19.4. The maximum Gasteiger partial charge on any atom is 0.191 e. The van der Waals surface area contributed by atoms with Gasteiger partial charge in [-0.2, -0.15) is 0 Å². The number of hydrogen-bond donors (Lipinski definition) is 0. The molecule has 0 saturated carbocycles. The van der Waals surface area contributed by atoms with Crippen molar-refractivity contribution >= 4 is 23.4 Å². The minimum atomic E-state index is -0.270. The third kappa shape index (κ3) is 4.76. The second-order valence-electron chi connectivity index (χ2n) is 6.23. The summed E-state index contributed by atoms with van der Waals surface area (Å²) < 4.78 is 13.2. The minimum absolute atomic E-state index is 0.270. The zero-order valence-corrected chi connectivity index (χ0v) is 17.3. The minimum Gasteiger partial charge on any atom is -0.497 e.